The molecule has 51 heavy (non-hydrogen) atoms. The second kappa shape index (κ2) is 16.8. The smallest absolute Gasteiger partial charge is 0.408 e. The van der Waals surface area contributed by atoms with Gasteiger partial charge in [0.15, 0.2) is 0 Å². The maximum Gasteiger partial charge on any atom is 0.408 e. The van der Waals surface area contributed by atoms with Crippen LogP contribution in [0.4, 0.5) is 4.79 Å². The van der Waals surface area contributed by atoms with Gasteiger partial charge in [0, 0.05) is 12.6 Å². The summed E-state index contributed by atoms with van der Waals surface area (Å²) in [5.74, 6) is -1.08. The molecule has 2 amide bonds. The van der Waals surface area contributed by atoms with E-state index in [0.29, 0.717) is 19.3 Å². The molecule has 0 aliphatic rings. The molecular formula is C42H46N4O5. The molecule has 5 rings (SSSR count). The van der Waals surface area contributed by atoms with Gasteiger partial charge in [0.2, 0.25) is 5.91 Å². The summed E-state index contributed by atoms with van der Waals surface area (Å²) in [6.07, 6.45) is 4.79. The molecule has 2 atom stereocenters. The molecule has 0 saturated carbocycles. The number of amides is 2. The minimum atomic E-state index is -0.979. The lowest BCUT2D eigenvalue weighted by Crippen LogP contribution is -2.53. The fourth-order valence-electron chi connectivity index (χ4n) is 6.32. The Morgan fingerprint density at radius 2 is 1.24 bits per heavy atom. The number of carbonyl (C=O) groups excluding carboxylic acids is 3. The number of benzene rings is 4. The van der Waals surface area contributed by atoms with E-state index in [1.165, 1.54) is 7.11 Å². The Morgan fingerprint density at radius 3 is 1.73 bits per heavy atom. The lowest BCUT2D eigenvalue weighted by atomic mass is 9.77. The molecule has 0 aliphatic heterocycles. The number of rotatable bonds is 14. The minimum Gasteiger partial charge on any atom is -0.467 e. The number of aryl methyl sites for hydroxylation is 1. The molecule has 9 heteroatoms. The van der Waals surface area contributed by atoms with Crippen molar-refractivity contribution in [2.45, 2.75) is 69.7 Å². The van der Waals surface area contributed by atoms with Crippen LogP contribution in [0.15, 0.2) is 134 Å². The van der Waals surface area contributed by atoms with Gasteiger partial charge in [-0.1, -0.05) is 121 Å². The average Bonchev–Trinajstić information content (AvgIpc) is 3.61. The van der Waals surface area contributed by atoms with E-state index >= 15 is 0 Å². The number of nitrogens with one attached hydrogen (secondary N) is 2. The van der Waals surface area contributed by atoms with E-state index in [2.05, 4.69) is 57.8 Å². The number of methoxy groups -OCH3 is 1. The number of aromatic nitrogens is 2. The normalized spacial score (nSPS) is 12.7. The van der Waals surface area contributed by atoms with Crippen molar-refractivity contribution >= 4 is 18.0 Å². The average molecular weight is 687 g/mol. The standard InChI is InChI=1S/C42H46N4O5/c1-41(2,3)51-40(49)45-37(28-31-18-9-5-10-19-31)38(47)44-36(39(48)50-4)27-17-26-35-29-46(30-43-35)42(32-20-11-6-12-21-32,33-22-13-7-14-23-33)34-24-15-8-16-25-34/h5-16,18-25,29-30,36-37H,17,26-28H2,1-4H3,(H,44,47)(H,45,49)/t36-,37+/m0/s1. The summed E-state index contributed by atoms with van der Waals surface area (Å²) in [5, 5.41) is 5.51. The quantitative estimate of drug-likeness (QED) is 0.0978. The third kappa shape index (κ3) is 9.30. The summed E-state index contributed by atoms with van der Waals surface area (Å²) in [7, 11) is 1.29. The third-order valence-corrected chi connectivity index (χ3v) is 8.62. The maximum atomic E-state index is 13.6. The molecule has 4 aromatic carbocycles. The van der Waals surface area contributed by atoms with Crippen LogP contribution >= 0.6 is 0 Å². The second-order valence-electron chi connectivity index (χ2n) is 13.4. The molecule has 264 valence electrons. The number of ether oxygens (including phenoxy) is 2. The summed E-state index contributed by atoms with van der Waals surface area (Å²) in [5.41, 5.74) is 3.51. The van der Waals surface area contributed by atoms with E-state index in [4.69, 9.17) is 14.5 Å². The first kappa shape index (κ1) is 36.6. The van der Waals surface area contributed by atoms with Gasteiger partial charge in [0.1, 0.15) is 23.2 Å². The molecule has 0 bridgehead atoms. The lowest BCUT2D eigenvalue weighted by molar-refractivity contribution is -0.145. The Labute approximate surface area is 300 Å². The van der Waals surface area contributed by atoms with Crippen LogP contribution < -0.4 is 10.6 Å². The molecule has 1 heterocycles. The van der Waals surface area contributed by atoms with Gasteiger partial charge < -0.3 is 24.7 Å². The van der Waals surface area contributed by atoms with Gasteiger partial charge in [0.05, 0.1) is 19.1 Å². The Balaban J connectivity index is 1.35. The van der Waals surface area contributed by atoms with Gasteiger partial charge >= 0.3 is 12.1 Å². The Kier molecular flexibility index (Phi) is 12.1. The van der Waals surface area contributed by atoms with Crippen LogP contribution in [0.2, 0.25) is 0 Å². The van der Waals surface area contributed by atoms with Gasteiger partial charge in [-0.15, -0.1) is 0 Å². The first-order valence-electron chi connectivity index (χ1n) is 17.2. The fourth-order valence-corrected chi connectivity index (χ4v) is 6.32. The van der Waals surface area contributed by atoms with E-state index in [9.17, 15) is 14.4 Å². The zero-order valence-electron chi connectivity index (χ0n) is 29.6. The Hall–Kier alpha value is -5.70. The summed E-state index contributed by atoms with van der Waals surface area (Å²) in [4.78, 5) is 44.1. The predicted molar refractivity (Wildman–Crippen MR) is 197 cm³/mol. The van der Waals surface area contributed by atoms with Crippen molar-refractivity contribution in [3.8, 4) is 0 Å². The van der Waals surface area contributed by atoms with Crippen LogP contribution in [0.1, 0.15) is 61.6 Å². The highest BCUT2D eigenvalue weighted by Crippen LogP contribution is 2.40. The Morgan fingerprint density at radius 1 is 0.725 bits per heavy atom. The van der Waals surface area contributed by atoms with Crippen LogP contribution in [-0.2, 0) is 37.4 Å². The largest absolute Gasteiger partial charge is 0.467 e. The lowest BCUT2D eigenvalue weighted by Gasteiger charge is -2.37. The molecular weight excluding hydrogens is 640 g/mol. The first-order valence-corrected chi connectivity index (χ1v) is 17.2. The first-order chi connectivity index (χ1) is 24.6. The molecule has 5 aromatic rings. The van der Waals surface area contributed by atoms with Crippen LogP contribution in [0.3, 0.4) is 0 Å². The molecule has 9 nitrogen and oxygen atoms in total. The number of hydrogen-bond acceptors (Lipinski definition) is 6. The van der Waals surface area contributed by atoms with E-state index in [-0.39, 0.29) is 6.42 Å². The van der Waals surface area contributed by atoms with Crippen molar-refractivity contribution in [1.82, 2.24) is 20.2 Å². The van der Waals surface area contributed by atoms with Crippen molar-refractivity contribution in [3.05, 3.63) is 162 Å². The van der Waals surface area contributed by atoms with E-state index in [1.54, 1.807) is 20.8 Å². The molecule has 0 spiro atoms. The fraction of sp³-hybridized carbons (Fsp3) is 0.286. The SMILES string of the molecule is COC(=O)[C@H](CCCc1cn(C(c2ccccc2)(c2ccccc2)c2ccccc2)cn1)NC(=O)[C@@H](Cc1ccccc1)NC(=O)OC(C)(C)C. The van der Waals surface area contributed by atoms with Gasteiger partial charge in [-0.3, -0.25) is 4.79 Å². The highest BCUT2D eigenvalue weighted by atomic mass is 16.6. The monoisotopic (exact) mass is 686 g/mol. The van der Waals surface area contributed by atoms with Crippen LogP contribution in [0.5, 0.6) is 0 Å². The molecule has 2 N–H and O–H groups in total. The number of imidazole rings is 1. The van der Waals surface area contributed by atoms with E-state index < -0.39 is 41.2 Å². The zero-order valence-corrected chi connectivity index (χ0v) is 29.6. The van der Waals surface area contributed by atoms with Gasteiger partial charge in [0.25, 0.3) is 0 Å². The van der Waals surface area contributed by atoms with Gasteiger partial charge in [-0.05, 0) is 62.3 Å². The molecule has 0 saturated heterocycles. The highest BCUT2D eigenvalue weighted by Gasteiger charge is 2.38. The van der Waals surface area contributed by atoms with Gasteiger partial charge in [-0.25, -0.2) is 14.6 Å². The maximum absolute atomic E-state index is 13.6. The van der Waals surface area contributed by atoms with Crippen molar-refractivity contribution in [2.24, 2.45) is 0 Å². The number of alkyl carbamates (subject to hydrolysis) is 1. The van der Waals surface area contributed by atoms with Crippen molar-refractivity contribution in [3.63, 3.8) is 0 Å². The van der Waals surface area contributed by atoms with E-state index in [1.807, 2.05) is 91.3 Å². The van der Waals surface area contributed by atoms with Gasteiger partial charge in [-0.2, -0.15) is 0 Å². The molecule has 0 aliphatic carbocycles. The van der Waals surface area contributed by atoms with Crippen molar-refractivity contribution in [1.29, 1.82) is 0 Å². The number of esters is 1. The van der Waals surface area contributed by atoms with Crippen LogP contribution in [0.25, 0.3) is 0 Å². The van der Waals surface area contributed by atoms with Crippen molar-refractivity contribution in [2.75, 3.05) is 7.11 Å². The molecule has 0 radical (unpaired) electrons. The topological polar surface area (TPSA) is 112 Å². The predicted octanol–water partition coefficient (Wildman–Crippen LogP) is 6.84. The van der Waals surface area contributed by atoms with Crippen molar-refractivity contribution < 1.29 is 23.9 Å². The second-order valence-corrected chi connectivity index (χ2v) is 13.4. The summed E-state index contributed by atoms with van der Waals surface area (Å²) >= 11 is 0. The molecule has 0 unspecified atom stereocenters. The van der Waals surface area contributed by atoms with Crippen LogP contribution in [0, 0.1) is 0 Å². The third-order valence-electron chi connectivity index (χ3n) is 8.62. The summed E-state index contributed by atoms with van der Waals surface area (Å²) < 4.78 is 12.6. The molecule has 0 fully saturated rings. The number of carbonyl (C=O) groups is 3. The molecule has 1 aromatic heterocycles. The minimum absolute atomic E-state index is 0.212. The Bertz CT molecular complexity index is 1760. The van der Waals surface area contributed by atoms with Crippen LogP contribution in [-0.4, -0.2) is 52.3 Å². The summed E-state index contributed by atoms with van der Waals surface area (Å²) in [6, 6.07) is 38.5. The zero-order chi connectivity index (χ0) is 36.3. The van der Waals surface area contributed by atoms with E-state index in [0.717, 1.165) is 27.9 Å². The highest BCUT2D eigenvalue weighted by molar-refractivity contribution is 5.90. The number of nitrogens with zero attached hydrogens (tertiary/aromatic N) is 2. The number of hydrogen-bond donors (Lipinski definition) is 2. The summed E-state index contributed by atoms with van der Waals surface area (Å²) in [6.45, 7) is 5.25.